The van der Waals surface area contributed by atoms with Crippen molar-refractivity contribution in [3.05, 3.63) is 59.7 Å². The Morgan fingerprint density at radius 2 is 2.07 bits per heavy atom. The highest BCUT2D eigenvalue weighted by Crippen LogP contribution is 2.05. The number of nitrogens with zero attached hydrogens (tertiary/aromatic N) is 2. The molecular formula is C12H12N2. The van der Waals surface area contributed by atoms with Crippen LogP contribution in [0, 0.1) is 6.92 Å². The maximum atomic E-state index is 4.44. The zero-order chi connectivity index (χ0) is 9.80. The summed E-state index contributed by atoms with van der Waals surface area (Å²) in [4.78, 5) is 8.52. The Balaban J connectivity index is 2.19. The highest BCUT2D eigenvalue weighted by molar-refractivity contribution is 5.19. The van der Waals surface area contributed by atoms with Gasteiger partial charge in [0.25, 0.3) is 0 Å². The number of pyridine rings is 2. The van der Waals surface area contributed by atoms with Crippen molar-refractivity contribution in [2.45, 2.75) is 13.3 Å². The van der Waals surface area contributed by atoms with E-state index in [1.165, 1.54) is 5.56 Å². The summed E-state index contributed by atoms with van der Waals surface area (Å²) in [6.45, 7) is 2.01. The molecule has 0 bridgehead atoms. The van der Waals surface area contributed by atoms with Gasteiger partial charge >= 0.3 is 0 Å². The van der Waals surface area contributed by atoms with Crippen molar-refractivity contribution in [3.8, 4) is 0 Å². The van der Waals surface area contributed by atoms with Crippen molar-refractivity contribution in [2.75, 3.05) is 0 Å². The summed E-state index contributed by atoms with van der Waals surface area (Å²) in [6.07, 6.45) is 4.52. The van der Waals surface area contributed by atoms with Crippen molar-refractivity contribution in [1.82, 2.24) is 9.97 Å². The van der Waals surface area contributed by atoms with Gasteiger partial charge in [0.05, 0.1) is 0 Å². The van der Waals surface area contributed by atoms with Crippen LogP contribution in [0.2, 0.25) is 0 Å². The molecule has 0 atom stereocenters. The van der Waals surface area contributed by atoms with Crippen molar-refractivity contribution >= 4 is 0 Å². The first-order valence-electron chi connectivity index (χ1n) is 4.66. The fraction of sp³-hybridized carbons (Fsp3) is 0.167. The molecule has 14 heavy (non-hydrogen) atoms. The summed E-state index contributed by atoms with van der Waals surface area (Å²) >= 11 is 0. The molecular weight excluding hydrogens is 172 g/mol. The Morgan fingerprint density at radius 3 is 2.79 bits per heavy atom. The van der Waals surface area contributed by atoms with Crippen LogP contribution in [0.1, 0.15) is 17.0 Å². The second kappa shape index (κ2) is 4.01. The van der Waals surface area contributed by atoms with E-state index in [1.807, 2.05) is 37.4 Å². The van der Waals surface area contributed by atoms with E-state index in [4.69, 9.17) is 0 Å². The third-order valence-corrected chi connectivity index (χ3v) is 2.05. The first kappa shape index (κ1) is 8.88. The third-order valence-electron chi connectivity index (χ3n) is 2.05. The average molecular weight is 184 g/mol. The zero-order valence-electron chi connectivity index (χ0n) is 8.14. The minimum absolute atomic E-state index is 0.857. The van der Waals surface area contributed by atoms with Crippen LogP contribution in [0.4, 0.5) is 0 Å². The van der Waals surface area contributed by atoms with Crippen LogP contribution >= 0.6 is 0 Å². The summed E-state index contributed by atoms with van der Waals surface area (Å²) in [5.41, 5.74) is 3.36. The first-order valence-corrected chi connectivity index (χ1v) is 4.66. The predicted molar refractivity (Wildman–Crippen MR) is 56.0 cm³/mol. The fourth-order valence-electron chi connectivity index (χ4n) is 1.41. The van der Waals surface area contributed by atoms with Crippen LogP contribution in [0.3, 0.4) is 0 Å². The lowest BCUT2D eigenvalue weighted by Gasteiger charge is -2.00. The van der Waals surface area contributed by atoms with E-state index in [9.17, 15) is 0 Å². The quantitative estimate of drug-likeness (QED) is 0.716. The van der Waals surface area contributed by atoms with E-state index in [0.29, 0.717) is 0 Å². The number of rotatable bonds is 2. The highest BCUT2D eigenvalue weighted by Gasteiger charge is 1.96. The molecule has 2 aromatic rings. The predicted octanol–water partition coefficient (Wildman–Crippen LogP) is 2.38. The van der Waals surface area contributed by atoms with Crippen LogP contribution in [-0.2, 0) is 6.42 Å². The van der Waals surface area contributed by atoms with Crippen LogP contribution in [0.25, 0.3) is 0 Å². The molecule has 2 heteroatoms. The topological polar surface area (TPSA) is 25.8 Å². The molecule has 0 amide bonds. The molecule has 0 aliphatic heterocycles. The minimum Gasteiger partial charge on any atom is -0.264 e. The highest BCUT2D eigenvalue weighted by atomic mass is 14.7. The normalized spacial score (nSPS) is 10.1. The van der Waals surface area contributed by atoms with Gasteiger partial charge in [-0.3, -0.25) is 9.97 Å². The van der Waals surface area contributed by atoms with Gasteiger partial charge in [-0.1, -0.05) is 12.1 Å². The second-order valence-corrected chi connectivity index (χ2v) is 3.31. The average Bonchev–Trinajstić information content (AvgIpc) is 2.19. The van der Waals surface area contributed by atoms with Gasteiger partial charge in [-0.15, -0.1) is 0 Å². The molecule has 0 radical (unpaired) electrons. The van der Waals surface area contributed by atoms with Gasteiger partial charge < -0.3 is 0 Å². The molecule has 0 saturated heterocycles. The Hall–Kier alpha value is -1.70. The molecule has 0 N–H and O–H groups in total. The molecule has 0 fully saturated rings. The van der Waals surface area contributed by atoms with E-state index < -0.39 is 0 Å². The lowest BCUT2D eigenvalue weighted by atomic mass is 10.1. The van der Waals surface area contributed by atoms with Crippen molar-refractivity contribution in [1.29, 1.82) is 0 Å². The van der Waals surface area contributed by atoms with Gasteiger partial charge in [0.2, 0.25) is 0 Å². The largest absolute Gasteiger partial charge is 0.264 e. The summed E-state index contributed by atoms with van der Waals surface area (Å²) in [5.74, 6) is 0. The molecule has 2 rings (SSSR count). The summed E-state index contributed by atoms with van der Waals surface area (Å²) in [6, 6.07) is 10.1. The van der Waals surface area contributed by atoms with Gasteiger partial charge in [-0.2, -0.15) is 0 Å². The van der Waals surface area contributed by atoms with Gasteiger partial charge in [0.1, 0.15) is 0 Å². The summed E-state index contributed by atoms with van der Waals surface area (Å²) in [7, 11) is 0. The standard InChI is InChI=1S/C12H12N2/c1-10-4-2-6-12(14-10)8-11-5-3-7-13-9-11/h2-7,9H,8H2,1H3. The minimum atomic E-state index is 0.857. The van der Waals surface area contributed by atoms with Gasteiger partial charge in [-0.05, 0) is 30.7 Å². The van der Waals surface area contributed by atoms with E-state index in [2.05, 4.69) is 16.0 Å². The molecule has 70 valence electrons. The Morgan fingerprint density at radius 1 is 1.14 bits per heavy atom. The van der Waals surface area contributed by atoms with Gasteiger partial charge in [0.15, 0.2) is 0 Å². The Kier molecular flexibility index (Phi) is 2.54. The molecule has 0 unspecified atom stereocenters. The number of hydrogen-bond acceptors (Lipinski definition) is 2. The van der Waals surface area contributed by atoms with Crippen LogP contribution in [0.15, 0.2) is 42.7 Å². The van der Waals surface area contributed by atoms with Gasteiger partial charge in [0, 0.05) is 30.2 Å². The number of aromatic nitrogens is 2. The van der Waals surface area contributed by atoms with Crippen LogP contribution in [0.5, 0.6) is 0 Å². The molecule has 2 aromatic heterocycles. The Bertz CT molecular complexity index is 410. The Labute approximate surface area is 83.7 Å². The molecule has 0 aromatic carbocycles. The maximum absolute atomic E-state index is 4.44. The third kappa shape index (κ3) is 2.16. The summed E-state index contributed by atoms with van der Waals surface area (Å²) < 4.78 is 0. The summed E-state index contributed by atoms with van der Waals surface area (Å²) in [5, 5.41) is 0. The van der Waals surface area contributed by atoms with Crippen LogP contribution < -0.4 is 0 Å². The lowest BCUT2D eigenvalue weighted by molar-refractivity contribution is 1.03. The van der Waals surface area contributed by atoms with E-state index >= 15 is 0 Å². The van der Waals surface area contributed by atoms with Crippen LogP contribution in [-0.4, -0.2) is 9.97 Å². The fourth-order valence-corrected chi connectivity index (χ4v) is 1.41. The second-order valence-electron chi connectivity index (χ2n) is 3.31. The number of aryl methyl sites for hydroxylation is 1. The van der Waals surface area contributed by atoms with Gasteiger partial charge in [-0.25, -0.2) is 0 Å². The first-order chi connectivity index (χ1) is 6.84. The van der Waals surface area contributed by atoms with E-state index in [1.54, 1.807) is 6.20 Å². The monoisotopic (exact) mass is 184 g/mol. The number of hydrogen-bond donors (Lipinski definition) is 0. The van der Waals surface area contributed by atoms with Crippen molar-refractivity contribution in [2.24, 2.45) is 0 Å². The maximum Gasteiger partial charge on any atom is 0.0451 e. The zero-order valence-corrected chi connectivity index (χ0v) is 8.14. The molecule has 2 heterocycles. The molecule has 0 saturated carbocycles. The molecule has 0 aliphatic carbocycles. The lowest BCUT2D eigenvalue weighted by Crippen LogP contribution is -1.93. The molecule has 2 nitrogen and oxygen atoms in total. The van der Waals surface area contributed by atoms with E-state index in [-0.39, 0.29) is 0 Å². The van der Waals surface area contributed by atoms with E-state index in [0.717, 1.165) is 17.8 Å². The molecule has 0 aliphatic rings. The SMILES string of the molecule is Cc1cccc(Cc2cccnc2)n1. The van der Waals surface area contributed by atoms with Crippen molar-refractivity contribution in [3.63, 3.8) is 0 Å². The smallest absolute Gasteiger partial charge is 0.0451 e. The molecule has 0 spiro atoms. The van der Waals surface area contributed by atoms with Crippen molar-refractivity contribution < 1.29 is 0 Å².